The predicted octanol–water partition coefficient (Wildman–Crippen LogP) is 3.38. The zero-order chi connectivity index (χ0) is 16.9. The number of aromatic nitrogens is 2. The van der Waals surface area contributed by atoms with Gasteiger partial charge in [-0.3, -0.25) is 9.78 Å². The van der Waals surface area contributed by atoms with Gasteiger partial charge in [-0.05, 0) is 31.2 Å². The molecule has 24 heavy (non-hydrogen) atoms. The Hall–Kier alpha value is -3.35. The maximum Gasteiger partial charge on any atom is 0.274 e. The minimum absolute atomic E-state index is 0.281. The van der Waals surface area contributed by atoms with Crippen LogP contribution in [0, 0.1) is 6.92 Å². The summed E-state index contributed by atoms with van der Waals surface area (Å²) in [6.07, 6.45) is 1.55. The van der Waals surface area contributed by atoms with Gasteiger partial charge in [0.2, 0.25) is 0 Å². The highest BCUT2D eigenvalue weighted by Gasteiger charge is 2.10. The van der Waals surface area contributed by atoms with Crippen LogP contribution in [0.4, 0.5) is 17.2 Å². The lowest BCUT2D eigenvalue weighted by molar-refractivity contribution is 0.102. The zero-order valence-electron chi connectivity index (χ0n) is 13.2. The molecule has 0 aliphatic heterocycles. The number of anilines is 3. The van der Waals surface area contributed by atoms with Crippen molar-refractivity contribution < 1.29 is 14.1 Å². The van der Waals surface area contributed by atoms with Crippen LogP contribution in [0.1, 0.15) is 16.2 Å². The molecule has 0 radical (unpaired) electrons. The fourth-order valence-corrected chi connectivity index (χ4v) is 2.10. The first-order valence-corrected chi connectivity index (χ1v) is 7.26. The third-order valence-electron chi connectivity index (χ3n) is 3.22. The van der Waals surface area contributed by atoms with Gasteiger partial charge < -0.3 is 19.9 Å². The number of ether oxygens (including phenoxy) is 1. The maximum atomic E-state index is 12.3. The summed E-state index contributed by atoms with van der Waals surface area (Å²) in [5.41, 5.74) is 1.60. The molecule has 1 aromatic carbocycles. The van der Waals surface area contributed by atoms with Crippen LogP contribution >= 0.6 is 0 Å². The van der Waals surface area contributed by atoms with E-state index < -0.39 is 0 Å². The summed E-state index contributed by atoms with van der Waals surface area (Å²) >= 11 is 0. The van der Waals surface area contributed by atoms with Crippen LogP contribution in [0.3, 0.4) is 0 Å². The Morgan fingerprint density at radius 3 is 2.79 bits per heavy atom. The minimum Gasteiger partial charge on any atom is -0.497 e. The number of rotatable bonds is 5. The summed E-state index contributed by atoms with van der Waals surface area (Å²) < 4.78 is 10.1. The number of pyridine rings is 1. The Labute approximate surface area is 138 Å². The molecule has 1 amide bonds. The van der Waals surface area contributed by atoms with Gasteiger partial charge in [-0.25, -0.2) is 0 Å². The third-order valence-corrected chi connectivity index (χ3v) is 3.22. The molecular weight excluding hydrogens is 308 g/mol. The number of benzene rings is 1. The number of aryl methyl sites for hydroxylation is 1. The van der Waals surface area contributed by atoms with Crippen LogP contribution in [0.25, 0.3) is 0 Å². The van der Waals surface area contributed by atoms with Crippen LogP contribution in [-0.4, -0.2) is 23.2 Å². The van der Waals surface area contributed by atoms with Gasteiger partial charge in [0, 0.05) is 29.7 Å². The van der Waals surface area contributed by atoms with Gasteiger partial charge in [-0.15, -0.1) is 0 Å². The van der Waals surface area contributed by atoms with Crippen molar-refractivity contribution >= 4 is 23.1 Å². The van der Waals surface area contributed by atoms with Gasteiger partial charge in [-0.1, -0.05) is 11.2 Å². The van der Waals surface area contributed by atoms with E-state index in [9.17, 15) is 4.79 Å². The summed E-state index contributed by atoms with van der Waals surface area (Å²) in [5.74, 6) is 1.61. The molecule has 0 aliphatic rings. The Morgan fingerprint density at radius 1 is 1.17 bits per heavy atom. The second-order valence-electron chi connectivity index (χ2n) is 5.06. The first-order valence-electron chi connectivity index (χ1n) is 7.26. The van der Waals surface area contributed by atoms with Crippen LogP contribution in [0.2, 0.25) is 0 Å². The van der Waals surface area contributed by atoms with Crippen LogP contribution in [0.15, 0.2) is 53.2 Å². The summed E-state index contributed by atoms with van der Waals surface area (Å²) in [6, 6.07) is 12.3. The summed E-state index contributed by atoms with van der Waals surface area (Å²) in [4.78, 5) is 16.4. The molecule has 2 N–H and O–H groups in total. The maximum absolute atomic E-state index is 12.3. The monoisotopic (exact) mass is 324 g/mol. The van der Waals surface area contributed by atoms with E-state index in [1.54, 1.807) is 62.7 Å². The van der Waals surface area contributed by atoms with Crippen LogP contribution < -0.4 is 15.4 Å². The number of hydrogen-bond acceptors (Lipinski definition) is 6. The molecule has 0 aliphatic carbocycles. The van der Waals surface area contributed by atoms with Crippen molar-refractivity contribution in [1.29, 1.82) is 0 Å². The van der Waals surface area contributed by atoms with Crippen molar-refractivity contribution in [2.75, 3.05) is 17.7 Å². The second-order valence-corrected chi connectivity index (χ2v) is 5.06. The Balaban J connectivity index is 1.74. The lowest BCUT2D eigenvalue weighted by Gasteiger charge is -2.08. The third kappa shape index (κ3) is 3.70. The molecule has 0 spiro atoms. The number of amides is 1. The minimum atomic E-state index is -0.316. The Bertz CT molecular complexity index is 860. The van der Waals surface area contributed by atoms with Crippen molar-refractivity contribution in [3.8, 4) is 5.75 Å². The van der Waals surface area contributed by atoms with Gasteiger partial charge in [0.25, 0.3) is 5.91 Å². The van der Waals surface area contributed by atoms with E-state index >= 15 is 0 Å². The highest BCUT2D eigenvalue weighted by atomic mass is 16.5. The van der Waals surface area contributed by atoms with E-state index in [2.05, 4.69) is 20.8 Å². The average molecular weight is 324 g/mol. The van der Waals surface area contributed by atoms with E-state index in [1.807, 2.05) is 0 Å². The molecule has 7 heteroatoms. The highest BCUT2D eigenvalue weighted by molar-refractivity contribution is 6.03. The Morgan fingerprint density at radius 2 is 2.04 bits per heavy atom. The van der Waals surface area contributed by atoms with E-state index in [0.717, 1.165) is 0 Å². The number of methoxy groups -OCH3 is 1. The molecule has 0 bridgehead atoms. The zero-order valence-corrected chi connectivity index (χ0v) is 13.2. The summed E-state index contributed by atoms with van der Waals surface area (Å²) in [7, 11) is 1.57. The number of nitrogens with zero attached hydrogens (tertiary/aromatic N) is 2. The number of carbonyl (C=O) groups is 1. The summed E-state index contributed by atoms with van der Waals surface area (Å²) in [5, 5.41) is 9.69. The number of nitrogens with one attached hydrogen (secondary N) is 2. The fourth-order valence-electron chi connectivity index (χ4n) is 2.10. The predicted molar refractivity (Wildman–Crippen MR) is 89.7 cm³/mol. The van der Waals surface area contributed by atoms with Gasteiger partial charge in [0.15, 0.2) is 5.82 Å². The summed E-state index contributed by atoms with van der Waals surface area (Å²) in [6.45, 7) is 1.80. The SMILES string of the molecule is COc1cccc(NC(=O)c2cc(Nc3cc(C)on3)ccn2)c1. The molecule has 2 heterocycles. The first kappa shape index (κ1) is 15.5. The Kier molecular flexibility index (Phi) is 4.42. The lowest BCUT2D eigenvalue weighted by Crippen LogP contribution is -2.13. The van der Waals surface area contributed by atoms with E-state index in [0.29, 0.717) is 28.7 Å². The molecule has 0 saturated heterocycles. The molecule has 3 rings (SSSR count). The van der Waals surface area contributed by atoms with E-state index in [-0.39, 0.29) is 11.6 Å². The van der Waals surface area contributed by atoms with Gasteiger partial charge in [0.05, 0.1) is 7.11 Å². The van der Waals surface area contributed by atoms with E-state index in [4.69, 9.17) is 9.26 Å². The van der Waals surface area contributed by atoms with Crippen molar-refractivity contribution in [2.24, 2.45) is 0 Å². The quantitative estimate of drug-likeness (QED) is 0.748. The normalized spacial score (nSPS) is 10.2. The number of carbonyl (C=O) groups excluding carboxylic acids is 1. The lowest BCUT2D eigenvalue weighted by atomic mass is 10.2. The van der Waals surface area contributed by atoms with Crippen molar-refractivity contribution in [2.45, 2.75) is 6.92 Å². The molecular formula is C17H16N4O3. The smallest absolute Gasteiger partial charge is 0.274 e. The van der Waals surface area contributed by atoms with Crippen LogP contribution in [0.5, 0.6) is 5.75 Å². The van der Waals surface area contributed by atoms with Crippen molar-refractivity contribution in [3.63, 3.8) is 0 Å². The van der Waals surface area contributed by atoms with Gasteiger partial charge >= 0.3 is 0 Å². The molecule has 0 unspecified atom stereocenters. The van der Waals surface area contributed by atoms with Crippen molar-refractivity contribution in [3.05, 3.63) is 60.1 Å². The number of hydrogen-bond donors (Lipinski definition) is 2. The second kappa shape index (κ2) is 6.82. The molecule has 2 aromatic heterocycles. The van der Waals surface area contributed by atoms with E-state index in [1.165, 1.54) is 0 Å². The first-order chi connectivity index (χ1) is 11.6. The topological polar surface area (TPSA) is 89.3 Å². The van der Waals surface area contributed by atoms with Crippen molar-refractivity contribution in [1.82, 2.24) is 10.1 Å². The van der Waals surface area contributed by atoms with Gasteiger partial charge in [-0.2, -0.15) is 0 Å². The molecule has 0 saturated carbocycles. The standard InChI is InChI=1S/C17H16N4O3/c1-11-8-16(21-24-11)19-13-6-7-18-15(10-13)17(22)20-12-4-3-5-14(9-12)23-2/h3-10H,1-2H3,(H,20,22)(H,18,19,21). The van der Waals surface area contributed by atoms with Crippen LogP contribution in [-0.2, 0) is 0 Å². The fraction of sp³-hybridized carbons (Fsp3) is 0.118. The average Bonchev–Trinajstić information content (AvgIpc) is 3.00. The largest absolute Gasteiger partial charge is 0.497 e. The molecule has 122 valence electrons. The molecule has 7 nitrogen and oxygen atoms in total. The van der Waals surface area contributed by atoms with Gasteiger partial charge in [0.1, 0.15) is 17.2 Å². The molecule has 0 atom stereocenters. The molecule has 3 aromatic rings. The highest BCUT2D eigenvalue weighted by Crippen LogP contribution is 2.19. The molecule has 0 fully saturated rings.